The average molecular weight is 224 g/mol. The van der Waals surface area contributed by atoms with Crippen molar-refractivity contribution >= 4 is 22.9 Å². The summed E-state index contributed by atoms with van der Waals surface area (Å²) in [6, 6.07) is 1.71. The van der Waals surface area contributed by atoms with Crippen molar-refractivity contribution in [2.75, 3.05) is 13.1 Å². The Morgan fingerprint density at radius 1 is 1.62 bits per heavy atom. The normalized spacial score (nSPS) is 46.1. The van der Waals surface area contributed by atoms with Crippen LogP contribution in [0.25, 0.3) is 0 Å². The van der Waals surface area contributed by atoms with Crippen LogP contribution in [-0.2, 0) is 0 Å². The molecule has 0 aromatic carbocycles. The Morgan fingerprint density at radius 2 is 2.50 bits per heavy atom. The van der Waals surface area contributed by atoms with Crippen molar-refractivity contribution in [3.8, 4) is 0 Å². The van der Waals surface area contributed by atoms with Crippen LogP contribution in [-0.4, -0.2) is 28.3 Å². The number of hydrogen-bond donors (Lipinski definition) is 1. The van der Waals surface area contributed by atoms with Crippen molar-refractivity contribution in [1.29, 1.82) is 0 Å². The Labute approximate surface area is 63.1 Å². The van der Waals surface area contributed by atoms with Gasteiger partial charge in [0.15, 0.2) is 0 Å². The molecule has 2 aliphatic heterocycles. The van der Waals surface area contributed by atoms with Crippen LogP contribution in [0.4, 0.5) is 0 Å². The quantitative estimate of drug-likeness (QED) is 0.472. The highest BCUT2D eigenvalue weighted by molar-refractivity contribution is 14.1. The summed E-state index contributed by atoms with van der Waals surface area (Å²) < 4.78 is 2.42. The van der Waals surface area contributed by atoms with Crippen molar-refractivity contribution in [2.45, 2.75) is 18.5 Å². The van der Waals surface area contributed by atoms with E-state index in [0.29, 0.717) is 0 Å². The van der Waals surface area contributed by atoms with Crippen molar-refractivity contribution in [3.05, 3.63) is 0 Å². The highest BCUT2D eigenvalue weighted by Crippen LogP contribution is 2.26. The number of halogens is 1. The molecule has 2 saturated heterocycles. The van der Waals surface area contributed by atoms with Crippen molar-refractivity contribution < 1.29 is 0 Å². The second-order valence-corrected chi connectivity index (χ2v) is 3.73. The van der Waals surface area contributed by atoms with Gasteiger partial charge in [0.2, 0.25) is 0 Å². The summed E-state index contributed by atoms with van der Waals surface area (Å²) in [5.74, 6) is 0. The summed E-state index contributed by atoms with van der Waals surface area (Å²) in [5.41, 5.74) is 0. The fourth-order valence-corrected chi connectivity index (χ4v) is 2.27. The minimum Gasteiger partial charge on any atom is -0.311 e. The van der Waals surface area contributed by atoms with E-state index in [-0.39, 0.29) is 0 Å². The molecule has 0 aromatic heterocycles. The summed E-state index contributed by atoms with van der Waals surface area (Å²) in [6.07, 6.45) is 1.35. The van der Waals surface area contributed by atoms with Crippen LogP contribution in [0, 0.1) is 0 Å². The summed E-state index contributed by atoms with van der Waals surface area (Å²) in [5, 5.41) is 3.39. The van der Waals surface area contributed by atoms with Crippen molar-refractivity contribution in [1.82, 2.24) is 8.43 Å². The molecule has 0 saturated carbocycles. The maximum atomic E-state index is 3.39. The van der Waals surface area contributed by atoms with Crippen LogP contribution in [0.3, 0.4) is 0 Å². The van der Waals surface area contributed by atoms with Gasteiger partial charge in [-0.05, 0) is 6.42 Å². The number of nitrogens with one attached hydrogen (secondary N) is 1. The molecule has 0 bridgehead atoms. The van der Waals surface area contributed by atoms with Gasteiger partial charge in [-0.2, -0.15) is 0 Å². The third-order valence-electron chi connectivity index (χ3n) is 2.07. The lowest BCUT2D eigenvalue weighted by Crippen LogP contribution is -2.57. The Morgan fingerprint density at radius 3 is 2.75 bits per heavy atom. The van der Waals surface area contributed by atoms with E-state index >= 15 is 0 Å². The van der Waals surface area contributed by atoms with Gasteiger partial charge in [-0.3, -0.25) is 0 Å². The van der Waals surface area contributed by atoms with E-state index in [4.69, 9.17) is 0 Å². The van der Waals surface area contributed by atoms with Crippen LogP contribution in [0.1, 0.15) is 6.42 Å². The Hall–Kier alpha value is 0.650. The van der Waals surface area contributed by atoms with Gasteiger partial charge in [-0.1, -0.05) is 0 Å². The van der Waals surface area contributed by atoms with Crippen molar-refractivity contribution in [2.24, 2.45) is 0 Å². The molecule has 0 spiro atoms. The smallest absolute Gasteiger partial charge is 0.0472 e. The zero-order chi connectivity index (χ0) is 5.56. The molecule has 2 rings (SSSR count). The molecule has 3 heteroatoms. The van der Waals surface area contributed by atoms with Crippen LogP contribution in [0.5, 0.6) is 0 Å². The van der Waals surface area contributed by atoms with E-state index in [1.54, 1.807) is 0 Å². The molecule has 0 aromatic rings. The molecule has 2 fully saturated rings. The number of hydrogen-bond acceptors (Lipinski definition) is 2. The van der Waals surface area contributed by atoms with E-state index < -0.39 is 0 Å². The number of nitrogens with zero attached hydrogens (tertiary/aromatic N) is 1. The lowest BCUT2D eigenvalue weighted by Gasteiger charge is -2.34. The van der Waals surface area contributed by atoms with Gasteiger partial charge in [0.05, 0.1) is 0 Å². The lowest BCUT2D eigenvalue weighted by molar-refractivity contribution is 0.281. The molecule has 1 N–H and O–H groups in total. The predicted molar refractivity (Wildman–Crippen MR) is 40.9 cm³/mol. The molecule has 2 heterocycles. The van der Waals surface area contributed by atoms with E-state index in [1.807, 2.05) is 0 Å². The molecule has 0 aliphatic carbocycles. The van der Waals surface area contributed by atoms with Gasteiger partial charge in [0.25, 0.3) is 0 Å². The van der Waals surface area contributed by atoms with E-state index in [0.717, 1.165) is 12.1 Å². The first-order valence-electron chi connectivity index (χ1n) is 3.04. The van der Waals surface area contributed by atoms with E-state index in [1.165, 1.54) is 19.5 Å². The van der Waals surface area contributed by atoms with E-state index in [2.05, 4.69) is 31.3 Å². The van der Waals surface area contributed by atoms with Gasteiger partial charge in [-0.25, -0.2) is 3.11 Å². The average Bonchev–Trinajstić information content (AvgIpc) is 1.80. The third kappa shape index (κ3) is 0.610. The van der Waals surface area contributed by atoms with Gasteiger partial charge < -0.3 is 5.32 Å². The molecule has 2 aliphatic rings. The molecule has 0 radical (unpaired) electrons. The number of rotatable bonds is 0. The standard InChI is InChI=1S/C5H9IN2/c6-8-2-1-4-5(8)3-7-4/h4-5,7H,1-3H2. The highest BCUT2D eigenvalue weighted by Gasteiger charge is 2.39. The largest absolute Gasteiger partial charge is 0.311 e. The van der Waals surface area contributed by atoms with Gasteiger partial charge in [0.1, 0.15) is 0 Å². The molecule has 0 amide bonds. The highest BCUT2D eigenvalue weighted by atomic mass is 127. The second kappa shape index (κ2) is 1.82. The molecule has 8 heavy (non-hydrogen) atoms. The summed E-state index contributed by atoms with van der Waals surface area (Å²) in [4.78, 5) is 0. The maximum absolute atomic E-state index is 3.39. The van der Waals surface area contributed by atoms with Gasteiger partial charge >= 0.3 is 0 Å². The molecule has 2 atom stereocenters. The zero-order valence-corrected chi connectivity index (χ0v) is 6.76. The molecule has 2 unspecified atom stereocenters. The van der Waals surface area contributed by atoms with Crippen LogP contribution < -0.4 is 5.32 Å². The lowest BCUT2D eigenvalue weighted by atomic mass is 10.0. The molecule has 46 valence electrons. The first-order valence-corrected chi connectivity index (χ1v) is 4.00. The number of fused-ring (bicyclic) bond motifs is 1. The van der Waals surface area contributed by atoms with Gasteiger partial charge in [-0.15, -0.1) is 0 Å². The zero-order valence-electron chi connectivity index (χ0n) is 4.60. The summed E-state index contributed by atoms with van der Waals surface area (Å²) in [6.45, 7) is 2.50. The Kier molecular flexibility index (Phi) is 1.23. The third-order valence-corrected chi connectivity index (χ3v) is 3.27. The minimum atomic E-state index is 0.840. The van der Waals surface area contributed by atoms with E-state index in [9.17, 15) is 0 Å². The predicted octanol–water partition coefficient (Wildman–Crippen LogP) is 0.383. The summed E-state index contributed by atoms with van der Waals surface area (Å²) >= 11 is 2.42. The fraction of sp³-hybridized carbons (Fsp3) is 1.00. The van der Waals surface area contributed by atoms with Crippen molar-refractivity contribution in [3.63, 3.8) is 0 Å². The SMILES string of the molecule is IN1CCC2NCC21. The molecular weight excluding hydrogens is 215 g/mol. The molecule has 2 nitrogen and oxygen atoms in total. The van der Waals surface area contributed by atoms with Crippen LogP contribution in [0.2, 0.25) is 0 Å². The Bertz CT molecular complexity index is 101. The summed E-state index contributed by atoms with van der Waals surface area (Å²) in [7, 11) is 0. The monoisotopic (exact) mass is 224 g/mol. The second-order valence-electron chi connectivity index (χ2n) is 2.49. The van der Waals surface area contributed by atoms with Gasteiger partial charge in [0, 0.05) is 48.0 Å². The first-order chi connectivity index (χ1) is 3.88. The first kappa shape index (κ1) is 5.44. The molecular formula is C5H9IN2. The fourth-order valence-electron chi connectivity index (χ4n) is 1.41. The maximum Gasteiger partial charge on any atom is 0.0472 e. The van der Waals surface area contributed by atoms with Crippen LogP contribution >= 0.6 is 22.9 Å². The minimum absolute atomic E-state index is 0.840. The topological polar surface area (TPSA) is 15.3 Å². The Balaban J connectivity index is 2.05. The van der Waals surface area contributed by atoms with Crippen LogP contribution in [0.15, 0.2) is 0 Å².